The number of halogens is 1. The molecule has 1 aromatic carbocycles. The van der Waals surface area contributed by atoms with Crippen LogP contribution in [0.4, 0.5) is 5.69 Å². The van der Waals surface area contributed by atoms with Gasteiger partial charge in [-0.3, -0.25) is 0 Å². The molecule has 0 spiro atoms. The van der Waals surface area contributed by atoms with Gasteiger partial charge in [0.25, 0.3) is 0 Å². The van der Waals surface area contributed by atoms with Crippen LogP contribution in [0, 0.1) is 0 Å². The van der Waals surface area contributed by atoms with Crippen molar-refractivity contribution in [3.8, 4) is 0 Å². The highest BCUT2D eigenvalue weighted by atomic mass is 79.9. The molecule has 2 rings (SSSR count). The van der Waals surface area contributed by atoms with Crippen LogP contribution in [0.25, 0.3) is 0 Å². The van der Waals surface area contributed by atoms with E-state index in [1.54, 1.807) is 6.07 Å². The van der Waals surface area contributed by atoms with Crippen molar-refractivity contribution in [3.63, 3.8) is 0 Å². The van der Waals surface area contributed by atoms with Crippen molar-refractivity contribution in [1.82, 2.24) is 4.72 Å². The monoisotopic (exact) mass is 304 g/mol. The first-order chi connectivity index (χ1) is 7.49. The number of rotatable bonds is 3. The van der Waals surface area contributed by atoms with Crippen LogP contribution < -0.4 is 10.5 Å². The minimum absolute atomic E-state index is 0.0985. The molecule has 1 saturated carbocycles. The summed E-state index contributed by atoms with van der Waals surface area (Å²) in [6, 6.07) is 4.72. The SMILES string of the molecule is Nc1ccc(S(=O)(=O)NC2CCC2)cc1Br. The molecule has 1 aliphatic carbocycles. The lowest BCUT2D eigenvalue weighted by atomic mass is 9.94. The minimum Gasteiger partial charge on any atom is -0.398 e. The lowest BCUT2D eigenvalue weighted by Crippen LogP contribution is -2.39. The molecule has 16 heavy (non-hydrogen) atoms. The standard InChI is InChI=1S/C10H13BrN2O2S/c11-9-6-8(4-5-10(9)12)16(14,15)13-7-2-1-3-7/h4-7,13H,1-3,12H2. The van der Waals surface area contributed by atoms with Crippen LogP contribution in [0.2, 0.25) is 0 Å². The maximum Gasteiger partial charge on any atom is 0.240 e. The molecule has 0 heterocycles. The van der Waals surface area contributed by atoms with Gasteiger partial charge in [-0.1, -0.05) is 6.42 Å². The first-order valence-electron chi connectivity index (χ1n) is 5.06. The predicted molar refractivity (Wildman–Crippen MR) is 66.5 cm³/mol. The molecule has 0 aliphatic heterocycles. The van der Waals surface area contributed by atoms with Crippen molar-refractivity contribution in [2.45, 2.75) is 30.2 Å². The normalized spacial score (nSPS) is 17.1. The van der Waals surface area contributed by atoms with Gasteiger partial charge in [-0.2, -0.15) is 0 Å². The highest BCUT2D eigenvalue weighted by molar-refractivity contribution is 9.10. The number of anilines is 1. The third kappa shape index (κ3) is 2.39. The van der Waals surface area contributed by atoms with E-state index in [1.807, 2.05) is 0 Å². The Bertz CT molecular complexity index is 498. The van der Waals surface area contributed by atoms with Gasteiger partial charge < -0.3 is 5.73 Å². The number of nitrogens with one attached hydrogen (secondary N) is 1. The maximum atomic E-state index is 11.9. The number of nitrogens with two attached hydrogens (primary N) is 1. The van der Waals surface area contributed by atoms with Gasteiger partial charge >= 0.3 is 0 Å². The fourth-order valence-electron chi connectivity index (χ4n) is 1.49. The second-order valence-electron chi connectivity index (χ2n) is 3.93. The van der Waals surface area contributed by atoms with Gasteiger partial charge in [0.05, 0.1) is 4.90 Å². The van der Waals surface area contributed by atoms with E-state index in [9.17, 15) is 8.42 Å². The van der Waals surface area contributed by atoms with E-state index in [1.165, 1.54) is 12.1 Å². The number of nitrogen functional groups attached to an aromatic ring is 1. The predicted octanol–water partition coefficient (Wildman–Crippen LogP) is 1.86. The largest absolute Gasteiger partial charge is 0.398 e. The van der Waals surface area contributed by atoms with Gasteiger partial charge in [-0.05, 0) is 47.0 Å². The van der Waals surface area contributed by atoms with Gasteiger partial charge in [-0.25, -0.2) is 13.1 Å². The van der Waals surface area contributed by atoms with Crippen molar-refractivity contribution >= 4 is 31.6 Å². The van der Waals surface area contributed by atoms with E-state index in [4.69, 9.17) is 5.73 Å². The molecule has 1 fully saturated rings. The molecule has 0 bridgehead atoms. The van der Waals surface area contributed by atoms with Crippen LogP contribution in [0.3, 0.4) is 0 Å². The van der Waals surface area contributed by atoms with Gasteiger partial charge in [0, 0.05) is 16.2 Å². The highest BCUT2D eigenvalue weighted by Gasteiger charge is 2.24. The summed E-state index contributed by atoms with van der Waals surface area (Å²) in [6.07, 6.45) is 2.95. The maximum absolute atomic E-state index is 11.9. The Morgan fingerprint density at radius 1 is 1.38 bits per heavy atom. The summed E-state index contributed by atoms with van der Waals surface area (Å²) in [5, 5.41) is 0. The molecule has 88 valence electrons. The minimum atomic E-state index is -3.40. The summed E-state index contributed by atoms with van der Waals surface area (Å²) in [5.74, 6) is 0. The van der Waals surface area contributed by atoms with Crippen LogP contribution in [-0.4, -0.2) is 14.5 Å². The van der Waals surface area contributed by atoms with Crippen LogP contribution >= 0.6 is 15.9 Å². The Labute approximate surface area is 103 Å². The highest BCUT2D eigenvalue weighted by Crippen LogP contribution is 2.25. The smallest absolute Gasteiger partial charge is 0.240 e. The average molecular weight is 305 g/mol. The molecule has 4 nitrogen and oxygen atoms in total. The second kappa shape index (κ2) is 4.35. The summed E-state index contributed by atoms with van der Waals surface area (Å²) in [7, 11) is -3.40. The van der Waals surface area contributed by atoms with Crippen LogP contribution in [0.1, 0.15) is 19.3 Å². The van der Waals surface area contributed by atoms with Gasteiger partial charge in [0.2, 0.25) is 10.0 Å². The zero-order valence-corrected chi connectivity index (χ0v) is 11.0. The molecule has 3 N–H and O–H groups in total. The number of hydrogen-bond acceptors (Lipinski definition) is 3. The summed E-state index contributed by atoms with van der Waals surface area (Å²) >= 11 is 3.22. The Morgan fingerprint density at radius 2 is 2.06 bits per heavy atom. The van der Waals surface area contributed by atoms with Crippen molar-refractivity contribution in [2.24, 2.45) is 0 Å². The van der Waals surface area contributed by atoms with Crippen molar-refractivity contribution in [2.75, 3.05) is 5.73 Å². The molecular weight excluding hydrogens is 292 g/mol. The second-order valence-corrected chi connectivity index (χ2v) is 6.50. The van der Waals surface area contributed by atoms with E-state index >= 15 is 0 Å². The van der Waals surface area contributed by atoms with E-state index in [-0.39, 0.29) is 10.9 Å². The third-order valence-electron chi connectivity index (χ3n) is 2.71. The fourth-order valence-corrected chi connectivity index (χ4v) is 3.35. The quantitative estimate of drug-likeness (QED) is 0.837. The molecule has 0 aromatic heterocycles. The van der Waals surface area contributed by atoms with Crippen LogP contribution in [0.5, 0.6) is 0 Å². The zero-order valence-electron chi connectivity index (χ0n) is 8.61. The molecule has 0 unspecified atom stereocenters. The molecule has 0 atom stereocenters. The Balaban J connectivity index is 2.24. The number of sulfonamides is 1. The van der Waals surface area contributed by atoms with Crippen LogP contribution in [-0.2, 0) is 10.0 Å². The first kappa shape index (κ1) is 11.9. The lowest BCUT2D eigenvalue weighted by Gasteiger charge is -2.26. The van der Waals surface area contributed by atoms with E-state index in [2.05, 4.69) is 20.7 Å². The molecule has 6 heteroatoms. The molecule has 0 saturated heterocycles. The van der Waals surface area contributed by atoms with Crippen molar-refractivity contribution < 1.29 is 8.42 Å². The number of benzene rings is 1. The van der Waals surface area contributed by atoms with Gasteiger partial charge in [0.1, 0.15) is 0 Å². The third-order valence-corrected chi connectivity index (χ3v) is 4.91. The lowest BCUT2D eigenvalue weighted by molar-refractivity contribution is 0.383. The van der Waals surface area contributed by atoms with E-state index in [0.717, 1.165) is 19.3 Å². The fraction of sp³-hybridized carbons (Fsp3) is 0.400. The van der Waals surface area contributed by atoms with Gasteiger partial charge in [-0.15, -0.1) is 0 Å². The average Bonchev–Trinajstić information content (AvgIpc) is 2.16. The summed E-state index contributed by atoms with van der Waals surface area (Å²) in [5.41, 5.74) is 6.14. The molecule has 0 amide bonds. The molecule has 1 aliphatic rings. The zero-order chi connectivity index (χ0) is 11.8. The molecular formula is C10H13BrN2O2S. The van der Waals surface area contributed by atoms with Gasteiger partial charge in [0.15, 0.2) is 0 Å². The Kier molecular flexibility index (Phi) is 3.23. The Morgan fingerprint density at radius 3 is 2.56 bits per heavy atom. The van der Waals surface area contributed by atoms with Crippen LogP contribution in [0.15, 0.2) is 27.6 Å². The molecule has 1 aromatic rings. The summed E-state index contributed by atoms with van der Waals surface area (Å²) < 4.78 is 27.1. The topological polar surface area (TPSA) is 72.2 Å². The summed E-state index contributed by atoms with van der Waals surface area (Å²) in [4.78, 5) is 0.250. The van der Waals surface area contributed by atoms with E-state index < -0.39 is 10.0 Å². The van der Waals surface area contributed by atoms with E-state index in [0.29, 0.717) is 10.2 Å². The summed E-state index contributed by atoms with van der Waals surface area (Å²) in [6.45, 7) is 0. The number of hydrogen-bond donors (Lipinski definition) is 2. The first-order valence-corrected chi connectivity index (χ1v) is 7.34. The van der Waals surface area contributed by atoms with Crippen molar-refractivity contribution in [1.29, 1.82) is 0 Å². The van der Waals surface area contributed by atoms with Crippen molar-refractivity contribution in [3.05, 3.63) is 22.7 Å². The Hall–Kier alpha value is -0.590. The molecule has 0 radical (unpaired) electrons.